The molecule has 6 nitrogen and oxygen atoms in total. The number of carbonyl (C=O) groups excluding carboxylic acids is 1. The van der Waals surface area contributed by atoms with E-state index in [1.54, 1.807) is 0 Å². The minimum absolute atomic E-state index is 0.0359. The lowest BCUT2D eigenvalue weighted by atomic mass is 9.97. The van der Waals surface area contributed by atoms with Gasteiger partial charge in [-0.3, -0.25) is 9.69 Å². The van der Waals surface area contributed by atoms with Crippen LogP contribution in [0.5, 0.6) is 0 Å². The van der Waals surface area contributed by atoms with Gasteiger partial charge in [0, 0.05) is 32.1 Å². The van der Waals surface area contributed by atoms with Crippen LogP contribution >= 0.6 is 0 Å². The lowest BCUT2D eigenvalue weighted by molar-refractivity contribution is -0.126. The molecule has 1 amide bonds. The molecular formula is C25H32FN3O3S. The molecule has 8 heteroatoms. The first-order chi connectivity index (χ1) is 15.9. The smallest absolute Gasteiger partial charge is 0.243 e. The van der Waals surface area contributed by atoms with Crippen molar-refractivity contribution in [3.05, 3.63) is 65.5 Å². The van der Waals surface area contributed by atoms with Crippen LogP contribution in [-0.2, 0) is 27.9 Å². The van der Waals surface area contributed by atoms with Crippen LogP contribution in [0.4, 0.5) is 4.39 Å². The molecule has 2 heterocycles. The SMILES string of the molecule is O=C(NCc1ccc(CN2CCCCC2)cc1)C1CCN(S(=O)(=O)c2ccc(F)cc2)CC1. The molecule has 2 aliphatic heterocycles. The zero-order valence-electron chi connectivity index (χ0n) is 18.9. The van der Waals surface area contributed by atoms with Gasteiger partial charge in [-0.25, -0.2) is 12.8 Å². The minimum atomic E-state index is -3.67. The highest BCUT2D eigenvalue weighted by Gasteiger charge is 2.32. The van der Waals surface area contributed by atoms with Gasteiger partial charge in [-0.15, -0.1) is 0 Å². The van der Waals surface area contributed by atoms with E-state index in [-0.39, 0.29) is 29.8 Å². The number of hydrogen-bond acceptors (Lipinski definition) is 4. The Morgan fingerprint density at radius 3 is 2.12 bits per heavy atom. The quantitative estimate of drug-likeness (QED) is 0.668. The summed E-state index contributed by atoms with van der Waals surface area (Å²) in [5.74, 6) is -0.713. The summed E-state index contributed by atoms with van der Waals surface area (Å²) in [7, 11) is -3.67. The topological polar surface area (TPSA) is 69.7 Å². The molecule has 1 N–H and O–H groups in total. The van der Waals surface area contributed by atoms with Crippen LogP contribution in [0, 0.1) is 11.7 Å². The van der Waals surface area contributed by atoms with Crippen LogP contribution in [-0.4, -0.2) is 49.7 Å². The van der Waals surface area contributed by atoms with Crippen LogP contribution < -0.4 is 5.32 Å². The average Bonchev–Trinajstić information content (AvgIpc) is 2.84. The molecule has 2 saturated heterocycles. The van der Waals surface area contributed by atoms with Crippen LogP contribution in [0.3, 0.4) is 0 Å². The molecule has 4 rings (SSSR count). The molecule has 0 saturated carbocycles. The van der Waals surface area contributed by atoms with Crippen LogP contribution in [0.1, 0.15) is 43.2 Å². The molecule has 0 spiro atoms. The van der Waals surface area contributed by atoms with E-state index in [1.165, 1.54) is 54.4 Å². The van der Waals surface area contributed by atoms with Gasteiger partial charge in [-0.1, -0.05) is 30.7 Å². The highest BCUT2D eigenvalue weighted by Crippen LogP contribution is 2.24. The third kappa shape index (κ3) is 6.19. The zero-order valence-corrected chi connectivity index (χ0v) is 19.7. The first kappa shape index (κ1) is 23.9. The molecular weight excluding hydrogens is 441 g/mol. The second-order valence-electron chi connectivity index (χ2n) is 9.00. The number of benzene rings is 2. The van der Waals surface area contributed by atoms with Gasteiger partial charge in [0.2, 0.25) is 15.9 Å². The predicted octanol–water partition coefficient (Wildman–Crippen LogP) is 3.53. The number of piperidine rings is 2. The molecule has 2 aromatic carbocycles. The largest absolute Gasteiger partial charge is 0.352 e. The number of hydrogen-bond donors (Lipinski definition) is 1. The van der Waals surface area contributed by atoms with E-state index in [9.17, 15) is 17.6 Å². The molecule has 2 fully saturated rings. The monoisotopic (exact) mass is 473 g/mol. The van der Waals surface area contributed by atoms with E-state index in [0.717, 1.165) is 24.2 Å². The molecule has 0 aliphatic carbocycles. The van der Waals surface area contributed by atoms with Gasteiger partial charge in [-0.05, 0) is 74.2 Å². The van der Waals surface area contributed by atoms with Crippen LogP contribution in [0.2, 0.25) is 0 Å². The Kier molecular flexibility index (Phi) is 7.78. The normalized spacial score (nSPS) is 18.8. The van der Waals surface area contributed by atoms with E-state index in [2.05, 4.69) is 34.5 Å². The van der Waals surface area contributed by atoms with Gasteiger partial charge in [0.05, 0.1) is 4.90 Å². The number of amides is 1. The van der Waals surface area contributed by atoms with E-state index in [4.69, 9.17) is 0 Å². The van der Waals surface area contributed by atoms with Crippen LogP contribution in [0.15, 0.2) is 53.4 Å². The molecule has 2 aromatic rings. The predicted molar refractivity (Wildman–Crippen MR) is 125 cm³/mol. The van der Waals surface area contributed by atoms with Gasteiger partial charge < -0.3 is 5.32 Å². The molecule has 0 aromatic heterocycles. The third-order valence-electron chi connectivity index (χ3n) is 6.62. The second kappa shape index (κ2) is 10.8. The van der Waals surface area contributed by atoms with Crippen molar-refractivity contribution in [2.45, 2.75) is 50.1 Å². The summed E-state index contributed by atoms with van der Waals surface area (Å²) in [5.41, 5.74) is 2.35. The van der Waals surface area contributed by atoms with Crippen molar-refractivity contribution >= 4 is 15.9 Å². The Morgan fingerprint density at radius 2 is 1.48 bits per heavy atom. The van der Waals surface area contributed by atoms with E-state index < -0.39 is 15.8 Å². The molecule has 178 valence electrons. The molecule has 0 bridgehead atoms. The third-order valence-corrected chi connectivity index (χ3v) is 8.53. The minimum Gasteiger partial charge on any atom is -0.352 e. The molecule has 2 aliphatic rings. The van der Waals surface area contributed by atoms with Crippen molar-refractivity contribution in [3.8, 4) is 0 Å². The van der Waals surface area contributed by atoms with Crippen molar-refractivity contribution in [2.75, 3.05) is 26.2 Å². The Labute approximate surface area is 195 Å². The molecule has 0 unspecified atom stereocenters. The van der Waals surface area contributed by atoms with Crippen molar-refractivity contribution in [2.24, 2.45) is 5.92 Å². The Bertz CT molecular complexity index is 1030. The Morgan fingerprint density at radius 1 is 0.879 bits per heavy atom. The van der Waals surface area contributed by atoms with Crippen molar-refractivity contribution in [1.29, 1.82) is 0 Å². The number of nitrogens with one attached hydrogen (secondary N) is 1. The number of nitrogens with zero attached hydrogens (tertiary/aromatic N) is 2. The Balaban J connectivity index is 1.23. The highest BCUT2D eigenvalue weighted by atomic mass is 32.2. The van der Waals surface area contributed by atoms with Crippen molar-refractivity contribution in [3.63, 3.8) is 0 Å². The molecule has 0 atom stereocenters. The zero-order chi connectivity index (χ0) is 23.3. The lowest BCUT2D eigenvalue weighted by Gasteiger charge is -2.30. The van der Waals surface area contributed by atoms with Crippen molar-refractivity contribution in [1.82, 2.24) is 14.5 Å². The maximum absolute atomic E-state index is 13.1. The number of rotatable bonds is 7. The Hall–Kier alpha value is -2.29. The maximum Gasteiger partial charge on any atom is 0.243 e. The van der Waals surface area contributed by atoms with Crippen LogP contribution in [0.25, 0.3) is 0 Å². The average molecular weight is 474 g/mol. The summed E-state index contributed by atoms with van der Waals surface area (Å²) in [6.07, 6.45) is 4.84. The molecule has 0 radical (unpaired) electrons. The summed E-state index contributed by atoms with van der Waals surface area (Å²) < 4.78 is 40.0. The van der Waals surface area contributed by atoms with E-state index in [1.807, 2.05) is 0 Å². The van der Waals surface area contributed by atoms with Gasteiger partial charge in [0.1, 0.15) is 5.82 Å². The highest BCUT2D eigenvalue weighted by molar-refractivity contribution is 7.89. The summed E-state index contributed by atoms with van der Waals surface area (Å²) in [4.78, 5) is 15.2. The standard InChI is InChI=1S/C25H32FN3O3S/c26-23-8-10-24(11-9-23)33(31,32)29-16-12-22(13-17-29)25(30)27-18-20-4-6-21(7-5-20)19-28-14-2-1-3-15-28/h4-11,22H,1-3,12-19H2,(H,27,30). The summed E-state index contributed by atoms with van der Waals surface area (Å²) in [5, 5.41) is 3.00. The number of carbonyl (C=O) groups is 1. The van der Waals surface area contributed by atoms with E-state index in [0.29, 0.717) is 19.4 Å². The van der Waals surface area contributed by atoms with Gasteiger partial charge >= 0.3 is 0 Å². The van der Waals surface area contributed by atoms with Gasteiger partial charge in [-0.2, -0.15) is 4.31 Å². The molecule has 33 heavy (non-hydrogen) atoms. The fraction of sp³-hybridized carbons (Fsp3) is 0.480. The summed E-state index contributed by atoms with van der Waals surface area (Å²) >= 11 is 0. The first-order valence-electron chi connectivity index (χ1n) is 11.8. The summed E-state index contributed by atoms with van der Waals surface area (Å²) in [6, 6.07) is 13.3. The number of likely N-dealkylation sites (tertiary alicyclic amines) is 1. The number of halogens is 1. The first-order valence-corrected chi connectivity index (χ1v) is 13.2. The fourth-order valence-electron chi connectivity index (χ4n) is 4.59. The number of sulfonamides is 1. The summed E-state index contributed by atoms with van der Waals surface area (Å²) in [6.45, 7) is 4.35. The van der Waals surface area contributed by atoms with Gasteiger partial charge in [0.15, 0.2) is 0 Å². The maximum atomic E-state index is 13.1. The fourth-order valence-corrected chi connectivity index (χ4v) is 6.06. The second-order valence-corrected chi connectivity index (χ2v) is 10.9. The van der Waals surface area contributed by atoms with E-state index >= 15 is 0 Å². The van der Waals surface area contributed by atoms with Gasteiger partial charge in [0.25, 0.3) is 0 Å². The lowest BCUT2D eigenvalue weighted by Crippen LogP contribution is -2.42. The van der Waals surface area contributed by atoms with Crippen molar-refractivity contribution < 1.29 is 17.6 Å².